The first-order chi connectivity index (χ1) is 9.79. The number of halogens is 1. The Kier molecular flexibility index (Phi) is 8.44. The number of rotatable bonds is 5. The van der Waals surface area contributed by atoms with Crippen LogP contribution < -0.4 is 15.8 Å². The van der Waals surface area contributed by atoms with Gasteiger partial charge < -0.3 is 20.5 Å². The Morgan fingerprint density at radius 3 is 2.95 bits per heavy atom. The molecule has 0 aliphatic carbocycles. The van der Waals surface area contributed by atoms with Crippen molar-refractivity contribution in [2.24, 2.45) is 10.7 Å². The first-order valence-electron chi connectivity index (χ1n) is 7.11. The highest BCUT2D eigenvalue weighted by atomic mass is 127. The molecular formula is C15H24IN3O2. The van der Waals surface area contributed by atoms with Gasteiger partial charge in [-0.1, -0.05) is 12.1 Å². The Morgan fingerprint density at radius 1 is 1.43 bits per heavy atom. The van der Waals surface area contributed by atoms with Gasteiger partial charge in [0.2, 0.25) is 0 Å². The van der Waals surface area contributed by atoms with Crippen molar-refractivity contribution >= 4 is 35.6 Å². The number of guanidine groups is 1. The summed E-state index contributed by atoms with van der Waals surface area (Å²) >= 11 is 0. The van der Waals surface area contributed by atoms with E-state index in [2.05, 4.69) is 10.3 Å². The van der Waals surface area contributed by atoms with Crippen molar-refractivity contribution in [1.82, 2.24) is 0 Å². The Hall–Kier alpha value is -1.02. The summed E-state index contributed by atoms with van der Waals surface area (Å²) in [7, 11) is 1.63. The van der Waals surface area contributed by atoms with Crippen LogP contribution in [0.5, 0.6) is 5.75 Å². The van der Waals surface area contributed by atoms with Crippen molar-refractivity contribution in [2.75, 3.05) is 25.6 Å². The molecule has 1 aromatic carbocycles. The first kappa shape index (κ1) is 18.0. The third-order valence-corrected chi connectivity index (χ3v) is 3.38. The fourth-order valence-electron chi connectivity index (χ4n) is 2.29. The maximum Gasteiger partial charge on any atom is 0.193 e. The van der Waals surface area contributed by atoms with Crippen LogP contribution in [0.4, 0.5) is 5.69 Å². The van der Waals surface area contributed by atoms with Crippen LogP contribution in [0.3, 0.4) is 0 Å². The summed E-state index contributed by atoms with van der Waals surface area (Å²) < 4.78 is 10.9. The van der Waals surface area contributed by atoms with Gasteiger partial charge in [0.25, 0.3) is 0 Å². The summed E-state index contributed by atoms with van der Waals surface area (Å²) in [6.45, 7) is 1.56. The quantitative estimate of drug-likeness (QED) is 0.449. The second-order valence-electron chi connectivity index (χ2n) is 4.87. The predicted octanol–water partition coefficient (Wildman–Crippen LogP) is 3.00. The zero-order chi connectivity index (χ0) is 14.2. The smallest absolute Gasteiger partial charge is 0.193 e. The van der Waals surface area contributed by atoms with Crippen LogP contribution in [-0.4, -0.2) is 32.3 Å². The predicted molar refractivity (Wildman–Crippen MR) is 96.7 cm³/mol. The van der Waals surface area contributed by atoms with Gasteiger partial charge in [-0.25, -0.2) is 0 Å². The molecule has 1 saturated heterocycles. The Morgan fingerprint density at radius 2 is 2.24 bits per heavy atom. The molecular weight excluding hydrogens is 381 g/mol. The molecule has 1 atom stereocenters. The summed E-state index contributed by atoms with van der Waals surface area (Å²) in [5.74, 6) is 1.16. The lowest BCUT2D eigenvalue weighted by molar-refractivity contribution is 0.0129. The van der Waals surface area contributed by atoms with Gasteiger partial charge in [-0.3, -0.25) is 4.99 Å². The summed E-state index contributed by atoms with van der Waals surface area (Å²) in [5, 5.41) is 3.06. The molecule has 1 aromatic rings. The highest BCUT2D eigenvalue weighted by Crippen LogP contribution is 2.22. The van der Waals surface area contributed by atoms with E-state index < -0.39 is 0 Å². The molecule has 0 amide bonds. The molecule has 3 N–H and O–H groups in total. The Bertz CT molecular complexity index is 448. The molecule has 0 radical (unpaired) electrons. The number of nitrogens with one attached hydrogen (secondary N) is 1. The highest BCUT2D eigenvalue weighted by molar-refractivity contribution is 14.0. The molecule has 1 heterocycles. The molecule has 2 rings (SSSR count). The van der Waals surface area contributed by atoms with E-state index in [1.54, 1.807) is 7.11 Å². The number of nitrogens with two attached hydrogens (primary N) is 1. The summed E-state index contributed by atoms with van der Waals surface area (Å²) in [6.07, 6.45) is 4.83. The minimum absolute atomic E-state index is 0. The standard InChI is InChI=1S/C15H23N3O2.HI/c1-19-14-8-3-2-7-13(14)18-15(16)17-10-9-12-6-4-5-11-20-12;/h2-3,7-8,12H,4-6,9-11H2,1H3,(H3,16,17,18);1H. The molecule has 1 unspecified atom stereocenters. The number of anilines is 1. The molecule has 1 aliphatic heterocycles. The van der Waals surface area contributed by atoms with Crippen LogP contribution in [0.2, 0.25) is 0 Å². The van der Waals surface area contributed by atoms with E-state index in [0.717, 1.165) is 30.9 Å². The van der Waals surface area contributed by atoms with Crippen LogP contribution in [0.1, 0.15) is 25.7 Å². The van der Waals surface area contributed by atoms with E-state index in [1.807, 2.05) is 24.3 Å². The molecule has 21 heavy (non-hydrogen) atoms. The van der Waals surface area contributed by atoms with Crippen molar-refractivity contribution in [3.05, 3.63) is 24.3 Å². The maximum absolute atomic E-state index is 5.89. The topological polar surface area (TPSA) is 68.9 Å². The highest BCUT2D eigenvalue weighted by Gasteiger charge is 2.12. The number of hydrogen-bond acceptors (Lipinski definition) is 3. The lowest BCUT2D eigenvalue weighted by atomic mass is 10.1. The third-order valence-electron chi connectivity index (χ3n) is 3.38. The van der Waals surface area contributed by atoms with Crippen LogP contribution in [0.15, 0.2) is 29.3 Å². The summed E-state index contributed by atoms with van der Waals surface area (Å²) in [4.78, 5) is 4.34. The minimum Gasteiger partial charge on any atom is -0.495 e. The zero-order valence-corrected chi connectivity index (χ0v) is 14.7. The van der Waals surface area contributed by atoms with E-state index in [4.69, 9.17) is 15.2 Å². The number of aliphatic imine (C=N–C) groups is 1. The zero-order valence-electron chi connectivity index (χ0n) is 12.4. The number of methoxy groups -OCH3 is 1. The number of benzene rings is 1. The summed E-state index contributed by atoms with van der Waals surface area (Å²) in [5.41, 5.74) is 6.71. The van der Waals surface area contributed by atoms with E-state index in [0.29, 0.717) is 18.6 Å². The molecule has 1 fully saturated rings. The van der Waals surface area contributed by atoms with Gasteiger partial charge in [-0.2, -0.15) is 0 Å². The van der Waals surface area contributed by atoms with Crippen molar-refractivity contribution < 1.29 is 9.47 Å². The van der Waals surface area contributed by atoms with E-state index in [-0.39, 0.29) is 24.0 Å². The van der Waals surface area contributed by atoms with Crippen LogP contribution in [0, 0.1) is 0 Å². The lowest BCUT2D eigenvalue weighted by Gasteiger charge is -2.21. The number of para-hydroxylation sites is 2. The van der Waals surface area contributed by atoms with Gasteiger partial charge in [0, 0.05) is 13.2 Å². The average Bonchev–Trinajstić information content (AvgIpc) is 2.49. The normalized spacial score (nSPS) is 18.7. The molecule has 6 heteroatoms. The van der Waals surface area contributed by atoms with E-state index in [1.165, 1.54) is 12.8 Å². The van der Waals surface area contributed by atoms with Crippen molar-refractivity contribution in [3.8, 4) is 5.75 Å². The van der Waals surface area contributed by atoms with Gasteiger partial charge in [0.1, 0.15) is 5.75 Å². The fourth-order valence-corrected chi connectivity index (χ4v) is 2.29. The SMILES string of the molecule is COc1ccccc1NC(N)=NCCC1CCCCO1.I. The Labute approximate surface area is 143 Å². The third kappa shape index (κ3) is 6.09. The van der Waals surface area contributed by atoms with Gasteiger partial charge in [0.05, 0.1) is 18.9 Å². The fraction of sp³-hybridized carbons (Fsp3) is 0.533. The largest absolute Gasteiger partial charge is 0.495 e. The van der Waals surface area contributed by atoms with Crippen LogP contribution in [-0.2, 0) is 4.74 Å². The minimum atomic E-state index is 0. The van der Waals surface area contributed by atoms with Gasteiger partial charge in [-0.05, 0) is 37.8 Å². The number of hydrogen-bond donors (Lipinski definition) is 2. The molecule has 0 bridgehead atoms. The number of nitrogens with zero attached hydrogens (tertiary/aromatic N) is 1. The van der Waals surface area contributed by atoms with Crippen molar-refractivity contribution in [1.29, 1.82) is 0 Å². The monoisotopic (exact) mass is 405 g/mol. The molecule has 0 saturated carbocycles. The van der Waals surface area contributed by atoms with Crippen molar-refractivity contribution in [2.45, 2.75) is 31.8 Å². The van der Waals surface area contributed by atoms with Gasteiger partial charge in [0.15, 0.2) is 5.96 Å². The summed E-state index contributed by atoms with van der Waals surface area (Å²) in [6, 6.07) is 7.63. The van der Waals surface area contributed by atoms with Crippen LogP contribution in [0.25, 0.3) is 0 Å². The average molecular weight is 405 g/mol. The first-order valence-corrected chi connectivity index (χ1v) is 7.11. The second kappa shape index (κ2) is 9.83. The lowest BCUT2D eigenvalue weighted by Crippen LogP contribution is -2.24. The molecule has 1 aliphatic rings. The van der Waals surface area contributed by atoms with Crippen molar-refractivity contribution in [3.63, 3.8) is 0 Å². The molecule has 118 valence electrons. The molecule has 0 spiro atoms. The van der Waals surface area contributed by atoms with E-state index in [9.17, 15) is 0 Å². The molecule has 5 nitrogen and oxygen atoms in total. The van der Waals surface area contributed by atoms with Gasteiger partial charge >= 0.3 is 0 Å². The van der Waals surface area contributed by atoms with Gasteiger partial charge in [-0.15, -0.1) is 24.0 Å². The second-order valence-corrected chi connectivity index (χ2v) is 4.87. The Balaban J connectivity index is 0.00000220. The molecule has 0 aromatic heterocycles. The maximum atomic E-state index is 5.89. The van der Waals surface area contributed by atoms with Crippen LogP contribution >= 0.6 is 24.0 Å². The van der Waals surface area contributed by atoms with E-state index >= 15 is 0 Å². The number of ether oxygens (including phenoxy) is 2.